The number of aromatic nitrogens is 1. The number of carbonyl (C=O) groups is 1. The largest absolute Gasteiger partial charge is 0.573 e. The van der Waals surface area contributed by atoms with Gasteiger partial charge in [-0.1, -0.05) is 0 Å². The number of benzene rings is 1. The highest BCUT2D eigenvalue weighted by Gasteiger charge is 2.31. The lowest BCUT2D eigenvalue weighted by Crippen LogP contribution is -2.17. The summed E-state index contributed by atoms with van der Waals surface area (Å²) in [7, 11) is 2.36. The van der Waals surface area contributed by atoms with Crippen LogP contribution in [0, 0.1) is 11.3 Å². The number of nitrogen functional groups attached to an aromatic ring is 1. The molecule has 0 aliphatic heterocycles. The van der Waals surface area contributed by atoms with Crippen molar-refractivity contribution in [2.75, 3.05) is 20.0 Å². The fourth-order valence-electron chi connectivity index (χ4n) is 2.16. The summed E-state index contributed by atoms with van der Waals surface area (Å²) in [5, 5.41) is 9.08. The van der Waals surface area contributed by atoms with Crippen LogP contribution in [0.5, 0.6) is 11.5 Å². The number of hydrogen-bond donors (Lipinski definition) is 1. The Balaban J connectivity index is 2.62. The molecule has 1 aromatic heterocycles. The maximum Gasteiger partial charge on any atom is 0.573 e. The summed E-state index contributed by atoms with van der Waals surface area (Å²) in [6, 6.07) is 5.07. The van der Waals surface area contributed by atoms with Crippen molar-refractivity contribution in [3.63, 3.8) is 0 Å². The molecule has 25 heavy (non-hydrogen) atoms. The van der Waals surface area contributed by atoms with Crippen molar-refractivity contribution in [1.29, 1.82) is 5.26 Å². The van der Waals surface area contributed by atoms with E-state index in [0.717, 1.165) is 19.2 Å². The van der Waals surface area contributed by atoms with Gasteiger partial charge in [0, 0.05) is 12.3 Å². The summed E-state index contributed by atoms with van der Waals surface area (Å²) in [6.45, 7) is 0. The van der Waals surface area contributed by atoms with E-state index in [1.807, 2.05) is 6.07 Å². The van der Waals surface area contributed by atoms with Gasteiger partial charge in [0.05, 0.1) is 31.2 Å². The highest BCUT2D eigenvalue weighted by molar-refractivity contribution is 5.96. The van der Waals surface area contributed by atoms with Gasteiger partial charge in [-0.05, 0) is 12.1 Å². The minimum absolute atomic E-state index is 0.00179. The highest BCUT2D eigenvalue weighted by Crippen LogP contribution is 2.34. The maximum atomic E-state index is 12.3. The number of hydrogen-bond acceptors (Lipinski definition) is 6. The first-order valence-electron chi connectivity index (χ1n) is 6.65. The van der Waals surface area contributed by atoms with E-state index in [2.05, 4.69) is 9.47 Å². The minimum atomic E-state index is -4.87. The average Bonchev–Trinajstić information content (AvgIpc) is 2.88. The van der Waals surface area contributed by atoms with Gasteiger partial charge in [0.25, 0.3) is 0 Å². The molecule has 0 amide bonds. The molecule has 0 saturated carbocycles. The van der Waals surface area contributed by atoms with Crippen LogP contribution in [-0.4, -0.2) is 31.1 Å². The van der Waals surface area contributed by atoms with Crippen LogP contribution in [0.25, 0.3) is 5.69 Å². The minimum Gasteiger partial charge on any atom is -0.494 e. The number of esters is 1. The summed E-state index contributed by atoms with van der Waals surface area (Å²) in [4.78, 5) is 12.0. The SMILES string of the molecule is COC(=O)c1c(N)c(C#N)cn1-c1ccc(OC(F)(F)F)cc1OC. The maximum absolute atomic E-state index is 12.3. The zero-order chi connectivity index (χ0) is 18.8. The standard InChI is InChI=1S/C15H12F3N3O4/c1-23-11-5-9(25-15(16,17)18)3-4-10(11)21-7-8(6-19)12(20)13(21)14(22)24-2/h3-5,7H,20H2,1-2H3. The van der Waals surface area contributed by atoms with E-state index < -0.39 is 18.1 Å². The average molecular weight is 355 g/mol. The summed E-state index contributed by atoms with van der Waals surface area (Å²) < 4.78 is 51.7. The monoisotopic (exact) mass is 355 g/mol. The molecule has 0 spiro atoms. The predicted molar refractivity (Wildman–Crippen MR) is 79.5 cm³/mol. The third kappa shape index (κ3) is 3.60. The number of alkyl halides is 3. The Kier molecular flexibility index (Phi) is 4.78. The van der Waals surface area contributed by atoms with Crippen LogP contribution in [0.4, 0.5) is 18.9 Å². The summed E-state index contributed by atoms with van der Waals surface area (Å²) >= 11 is 0. The van der Waals surface area contributed by atoms with E-state index in [-0.39, 0.29) is 28.4 Å². The molecule has 2 N–H and O–H groups in total. The van der Waals surface area contributed by atoms with Crippen molar-refractivity contribution >= 4 is 11.7 Å². The molecule has 0 saturated heterocycles. The number of methoxy groups -OCH3 is 2. The van der Waals surface area contributed by atoms with Crippen molar-refractivity contribution in [2.45, 2.75) is 6.36 Å². The van der Waals surface area contributed by atoms with Crippen molar-refractivity contribution in [2.24, 2.45) is 0 Å². The van der Waals surface area contributed by atoms with E-state index in [0.29, 0.717) is 0 Å². The van der Waals surface area contributed by atoms with E-state index in [1.54, 1.807) is 0 Å². The molecule has 0 unspecified atom stereocenters. The summed E-state index contributed by atoms with van der Waals surface area (Å²) in [6.07, 6.45) is -3.61. The van der Waals surface area contributed by atoms with E-state index >= 15 is 0 Å². The fourth-order valence-corrected chi connectivity index (χ4v) is 2.16. The Morgan fingerprint density at radius 3 is 2.52 bits per heavy atom. The second-order valence-corrected chi connectivity index (χ2v) is 4.66. The lowest BCUT2D eigenvalue weighted by Gasteiger charge is -2.15. The number of nitrogens with zero attached hydrogens (tertiary/aromatic N) is 2. The van der Waals surface area contributed by atoms with Crippen LogP contribution >= 0.6 is 0 Å². The van der Waals surface area contributed by atoms with Gasteiger partial charge in [-0.3, -0.25) is 0 Å². The second-order valence-electron chi connectivity index (χ2n) is 4.66. The van der Waals surface area contributed by atoms with Gasteiger partial charge < -0.3 is 24.5 Å². The van der Waals surface area contributed by atoms with E-state index in [1.165, 1.54) is 23.9 Å². The molecule has 0 radical (unpaired) electrons. The third-order valence-corrected chi connectivity index (χ3v) is 3.19. The molecule has 2 aromatic rings. The van der Waals surface area contributed by atoms with Gasteiger partial charge in [0.15, 0.2) is 5.69 Å². The van der Waals surface area contributed by atoms with Gasteiger partial charge in [-0.2, -0.15) is 5.26 Å². The molecule has 0 fully saturated rings. The molecule has 1 aromatic carbocycles. The van der Waals surface area contributed by atoms with Crippen molar-refractivity contribution in [3.05, 3.63) is 35.7 Å². The number of anilines is 1. The molecule has 0 aliphatic rings. The van der Waals surface area contributed by atoms with Crippen LogP contribution in [0.15, 0.2) is 24.4 Å². The number of nitriles is 1. The van der Waals surface area contributed by atoms with Crippen LogP contribution in [0.1, 0.15) is 16.1 Å². The first kappa shape index (κ1) is 18.0. The van der Waals surface area contributed by atoms with Crippen LogP contribution in [-0.2, 0) is 4.74 Å². The molecule has 1 heterocycles. The summed E-state index contributed by atoms with van der Waals surface area (Å²) in [5.74, 6) is -1.36. The predicted octanol–water partition coefficient (Wildman–Crippen LogP) is 2.62. The van der Waals surface area contributed by atoms with Crippen LogP contribution < -0.4 is 15.2 Å². The number of nitrogens with two attached hydrogens (primary N) is 1. The summed E-state index contributed by atoms with van der Waals surface area (Å²) in [5.41, 5.74) is 5.68. The molecule has 0 aliphatic carbocycles. The molecule has 2 rings (SSSR count). The molecule has 7 nitrogen and oxygen atoms in total. The first-order valence-corrected chi connectivity index (χ1v) is 6.65. The van der Waals surface area contributed by atoms with Crippen molar-refractivity contribution in [3.8, 4) is 23.3 Å². The lowest BCUT2D eigenvalue weighted by molar-refractivity contribution is -0.274. The molecular weight excluding hydrogens is 343 g/mol. The highest BCUT2D eigenvalue weighted by atomic mass is 19.4. The Morgan fingerprint density at radius 1 is 1.32 bits per heavy atom. The first-order chi connectivity index (χ1) is 11.7. The van der Waals surface area contributed by atoms with Gasteiger partial charge in [0.1, 0.15) is 17.6 Å². The lowest BCUT2D eigenvalue weighted by atomic mass is 10.2. The van der Waals surface area contributed by atoms with Crippen molar-refractivity contribution < 1.29 is 32.2 Å². The van der Waals surface area contributed by atoms with Gasteiger partial charge in [0.2, 0.25) is 0 Å². The molecule has 10 heteroatoms. The molecule has 0 bridgehead atoms. The van der Waals surface area contributed by atoms with E-state index in [9.17, 15) is 18.0 Å². The normalized spacial score (nSPS) is 10.9. The zero-order valence-corrected chi connectivity index (χ0v) is 13.0. The number of ether oxygens (including phenoxy) is 3. The molecule has 0 atom stereocenters. The molecule has 132 valence electrons. The zero-order valence-electron chi connectivity index (χ0n) is 13.0. The topological polar surface area (TPSA) is 99.5 Å². The fraction of sp³-hybridized carbons (Fsp3) is 0.200. The third-order valence-electron chi connectivity index (χ3n) is 3.19. The van der Waals surface area contributed by atoms with Gasteiger partial charge in [-0.15, -0.1) is 13.2 Å². The Labute approximate surface area is 139 Å². The number of rotatable bonds is 4. The van der Waals surface area contributed by atoms with E-state index in [4.69, 9.17) is 15.7 Å². The van der Waals surface area contributed by atoms with Crippen molar-refractivity contribution in [1.82, 2.24) is 4.57 Å². The Morgan fingerprint density at radius 2 is 2.00 bits per heavy atom. The Bertz CT molecular complexity index is 853. The second kappa shape index (κ2) is 6.64. The quantitative estimate of drug-likeness (QED) is 0.847. The number of halogens is 3. The smallest absolute Gasteiger partial charge is 0.494 e. The number of carbonyl (C=O) groups excluding carboxylic acids is 1. The van der Waals surface area contributed by atoms with Crippen LogP contribution in [0.3, 0.4) is 0 Å². The van der Waals surface area contributed by atoms with Gasteiger partial charge in [-0.25, -0.2) is 4.79 Å². The van der Waals surface area contributed by atoms with Gasteiger partial charge >= 0.3 is 12.3 Å². The molecular formula is C15H12F3N3O4. The Hall–Kier alpha value is -3.35. The van der Waals surface area contributed by atoms with Crippen LogP contribution in [0.2, 0.25) is 0 Å².